The normalized spacial score (nSPS) is 11.9. The van der Waals surface area contributed by atoms with Crippen LogP contribution < -0.4 is 15.8 Å². The lowest BCUT2D eigenvalue weighted by Gasteiger charge is -2.12. The molecule has 0 aromatic heterocycles. The van der Waals surface area contributed by atoms with E-state index in [0.717, 1.165) is 30.0 Å². The van der Waals surface area contributed by atoms with Crippen molar-refractivity contribution < 1.29 is 8.95 Å². The number of methoxy groups -OCH3 is 1. The minimum atomic E-state index is -0.759. The zero-order valence-corrected chi connectivity index (χ0v) is 12.2. The van der Waals surface area contributed by atoms with Crippen molar-refractivity contribution in [2.24, 2.45) is 5.73 Å². The third-order valence-corrected chi connectivity index (χ3v) is 3.50. The molecule has 4 nitrogen and oxygen atoms in total. The Labute approximate surface area is 115 Å². The fourth-order valence-corrected chi connectivity index (χ4v) is 2.24. The summed E-state index contributed by atoms with van der Waals surface area (Å²) in [6, 6.07) is 5.51. The summed E-state index contributed by atoms with van der Waals surface area (Å²) >= 11 is 5.00. The van der Waals surface area contributed by atoms with E-state index in [1.165, 1.54) is 0 Å². The van der Waals surface area contributed by atoms with Gasteiger partial charge >= 0.3 is 0 Å². The van der Waals surface area contributed by atoms with Crippen molar-refractivity contribution in [3.8, 4) is 5.75 Å². The van der Waals surface area contributed by atoms with Crippen LogP contribution in [0.2, 0.25) is 0 Å². The highest BCUT2D eigenvalue weighted by Gasteiger charge is 2.06. The maximum atomic E-state index is 11.0. The number of nitrogens with one attached hydrogen (secondary N) is 1. The van der Waals surface area contributed by atoms with Crippen LogP contribution in [0.1, 0.15) is 12.0 Å². The summed E-state index contributed by atoms with van der Waals surface area (Å²) in [7, 11) is 0.852. The number of thiocarbonyl (C=S) groups is 1. The number of benzene rings is 1. The molecule has 0 amide bonds. The zero-order chi connectivity index (χ0) is 13.5. The lowest BCUT2D eigenvalue weighted by molar-refractivity contribution is 0.415. The first-order valence-electron chi connectivity index (χ1n) is 5.56. The van der Waals surface area contributed by atoms with Crippen LogP contribution in [0.3, 0.4) is 0 Å². The van der Waals surface area contributed by atoms with Gasteiger partial charge in [-0.3, -0.25) is 4.21 Å². The Morgan fingerprint density at radius 3 is 2.83 bits per heavy atom. The smallest absolute Gasteiger partial charge is 0.120 e. The van der Waals surface area contributed by atoms with Gasteiger partial charge in [-0.1, -0.05) is 12.2 Å². The Hall–Kier alpha value is -1.14. The number of nitrogens with two attached hydrogens (primary N) is 1. The second kappa shape index (κ2) is 7.33. The van der Waals surface area contributed by atoms with E-state index in [9.17, 15) is 4.21 Å². The summed E-state index contributed by atoms with van der Waals surface area (Å²) in [5.41, 5.74) is 7.31. The van der Waals surface area contributed by atoms with E-state index in [0.29, 0.717) is 10.7 Å². The largest absolute Gasteiger partial charge is 0.497 e. The first-order chi connectivity index (χ1) is 8.54. The average Bonchev–Trinajstić information content (AvgIpc) is 2.33. The van der Waals surface area contributed by atoms with Crippen molar-refractivity contribution in [1.82, 2.24) is 0 Å². The quantitative estimate of drug-likeness (QED) is 0.587. The van der Waals surface area contributed by atoms with Gasteiger partial charge in [-0.25, -0.2) is 0 Å². The third kappa shape index (κ3) is 4.62. The summed E-state index contributed by atoms with van der Waals surface area (Å²) in [6.45, 7) is 0.725. The van der Waals surface area contributed by atoms with Crippen molar-refractivity contribution in [3.05, 3.63) is 23.8 Å². The Bertz CT molecular complexity index is 450. The molecule has 0 bridgehead atoms. The number of hydrogen-bond acceptors (Lipinski definition) is 4. The molecule has 18 heavy (non-hydrogen) atoms. The van der Waals surface area contributed by atoms with Crippen molar-refractivity contribution in [3.63, 3.8) is 0 Å². The van der Waals surface area contributed by atoms with Crippen molar-refractivity contribution in [2.45, 2.75) is 6.42 Å². The van der Waals surface area contributed by atoms with E-state index in [2.05, 4.69) is 5.32 Å². The molecule has 3 N–H and O–H groups in total. The Balaban J connectivity index is 2.71. The molecule has 1 aromatic rings. The van der Waals surface area contributed by atoms with E-state index < -0.39 is 10.8 Å². The van der Waals surface area contributed by atoms with E-state index in [1.54, 1.807) is 13.4 Å². The van der Waals surface area contributed by atoms with Gasteiger partial charge in [0.25, 0.3) is 0 Å². The molecule has 0 aliphatic carbocycles. The lowest BCUT2D eigenvalue weighted by atomic mass is 10.1. The number of rotatable bonds is 7. The van der Waals surface area contributed by atoms with Crippen LogP contribution in [-0.4, -0.2) is 34.9 Å². The van der Waals surface area contributed by atoms with E-state index in [1.807, 2.05) is 18.2 Å². The summed E-state index contributed by atoms with van der Waals surface area (Å²) in [4.78, 5) is 0.347. The van der Waals surface area contributed by atoms with Gasteiger partial charge in [0.1, 0.15) is 10.7 Å². The first-order valence-corrected chi connectivity index (χ1v) is 7.70. The van der Waals surface area contributed by atoms with Crippen molar-refractivity contribution in [1.29, 1.82) is 0 Å². The van der Waals surface area contributed by atoms with E-state index >= 15 is 0 Å². The first kappa shape index (κ1) is 14.9. The molecular formula is C12H18N2O2S2. The SMILES string of the molecule is COc1ccc(C(N)=S)c(NCCCS(C)=O)c1. The van der Waals surface area contributed by atoms with Crippen LogP contribution in [0.25, 0.3) is 0 Å². The molecule has 1 aromatic carbocycles. The summed E-state index contributed by atoms with van der Waals surface area (Å²) in [6.07, 6.45) is 2.53. The highest BCUT2D eigenvalue weighted by Crippen LogP contribution is 2.22. The van der Waals surface area contributed by atoms with Gasteiger partial charge in [-0.2, -0.15) is 0 Å². The van der Waals surface area contributed by atoms with Gasteiger partial charge in [-0.15, -0.1) is 0 Å². The van der Waals surface area contributed by atoms with Crippen molar-refractivity contribution in [2.75, 3.05) is 31.0 Å². The van der Waals surface area contributed by atoms with Crippen LogP contribution in [-0.2, 0) is 10.8 Å². The molecule has 0 spiro atoms. The van der Waals surface area contributed by atoms with Crippen LogP contribution in [0.5, 0.6) is 5.75 Å². The molecule has 1 rings (SSSR count). The lowest BCUT2D eigenvalue weighted by Crippen LogP contribution is -2.14. The third-order valence-electron chi connectivity index (χ3n) is 2.42. The summed E-state index contributed by atoms with van der Waals surface area (Å²) < 4.78 is 16.1. The molecular weight excluding hydrogens is 268 g/mol. The van der Waals surface area contributed by atoms with Crippen molar-refractivity contribution >= 4 is 33.7 Å². The van der Waals surface area contributed by atoms with Gasteiger partial charge < -0.3 is 15.8 Å². The monoisotopic (exact) mass is 286 g/mol. The molecule has 6 heteroatoms. The highest BCUT2D eigenvalue weighted by atomic mass is 32.2. The molecule has 0 heterocycles. The van der Waals surface area contributed by atoms with Gasteiger partial charge in [0.2, 0.25) is 0 Å². The summed E-state index contributed by atoms with van der Waals surface area (Å²) in [5.74, 6) is 1.43. The second-order valence-corrected chi connectivity index (χ2v) is 5.83. The Kier molecular flexibility index (Phi) is 6.07. The van der Waals surface area contributed by atoms with E-state index in [4.69, 9.17) is 22.7 Å². The number of anilines is 1. The molecule has 0 aliphatic heterocycles. The van der Waals surface area contributed by atoms with Crippen LogP contribution >= 0.6 is 12.2 Å². The fourth-order valence-electron chi connectivity index (χ4n) is 1.51. The fraction of sp³-hybridized carbons (Fsp3) is 0.417. The minimum absolute atomic E-state index is 0.347. The Morgan fingerprint density at radius 2 is 2.28 bits per heavy atom. The molecule has 0 saturated carbocycles. The van der Waals surface area contributed by atoms with Gasteiger partial charge in [-0.05, 0) is 18.6 Å². The maximum Gasteiger partial charge on any atom is 0.120 e. The molecule has 1 atom stereocenters. The molecule has 100 valence electrons. The van der Waals surface area contributed by atoms with Crippen LogP contribution in [0, 0.1) is 0 Å². The molecule has 1 unspecified atom stereocenters. The Morgan fingerprint density at radius 1 is 1.56 bits per heavy atom. The van der Waals surface area contributed by atoms with Gasteiger partial charge in [0.05, 0.1) is 7.11 Å². The second-order valence-electron chi connectivity index (χ2n) is 3.83. The molecule has 0 fully saturated rings. The summed E-state index contributed by atoms with van der Waals surface area (Å²) in [5, 5.41) is 3.24. The number of ether oxygens (including phenoxy) is 1. The molecule has 0 saturated heterocycles. The van der Waals surface area contributed by atoms with E-state index in [-0.39, 0.29) is 0 Å². The number of hydrogen-bond donors (Lipinski definition) is 2. The highest BCUT2D eigenvalue weighted by molar-refractivity contribution is 7.84. The van der Waals surface area contributed by atoms with Gasteiger partial charge in [0.15, 0.2) is 0 Å². The predicted octanol–water partition coefficient (Wildman–Crippen LogP) is 1.51. The standard InChI is InChI=1S/C12H18N2O2S2/c1-16-9-4-5-10(12(13)17)11(8-9)14-6-3-7-18(2)15/h4-5,8,14H,3,6-7H2,1-2H3,(H2,13,17). The molecule has 0 radical (unpaired) electrons. The van der Waals surface area contributed by atoms with Crippen LogP contribution in [0.4, 0.5) is 5.69 Å². The average molecular weight is 286 g/mol. The topological polar surface area (TPSA) is 64.3 Å². The minimum Gasteiger partial charge on any atom is -0.497 e. The maximum absolute atomic E-state index is 11.0. The zero-order valence-electron chi connectivity index (χ0n) is 10.6. The predicted molar refractivity (Wildman–Crippen MR) is 80.9 cm³/mol. The van der Waals surface area contributed by atoms with Crippen LogP contribution in [0.15, 0.2) is 18.2 Å². The van der Waals surface area contributed by atoms with Gasteiger partial charge in [0, 0.05) is 46.7 Å². The molecule has 0 aliphatic rings.